The lowest BCUT2D eigenvalue weighted by atomic mass is 9.90. The molecule has 2 atom stereocenters. The summed E-state index contributed by atoms with van der Waals surface area (Å²) in [7, 11) is 0. The van der Waals surface area contributed by atoms with Gasteiger partial charge in [0.05, 0.1) is 11.3 Å². The topological polar surface area (TPSA) is 64.9 Å². The van der Waals surface area contributed by atoms with Crippen molar-refractivity contribution in [3.8, 4) is 5.82 Å². The van der Waals surface area contributed by atoms with Gasteiger partial charge in [-0.2, -0.15) is 16.9 Å². The van der Waals surface area contributed by atoms with Gasteiger partial charge in [-0.15, -0.1) is 10.2 Å². The molecule has 24 heavy (non-hydrogen) atoms. The number of aryl methyl sites for hydroxylation is 2. The fourth-order valence-corrected chi connectivity index (χ4v) is 4.98. The van der Waals surface area contributed by atoms with Crippen molar-refractivity contribution < 1.29 is 4.74 Å². The summed E-state index contributed by atoms with van der Waals surface area (Å²) in [4.78, 5) is 0. The van der Waals surface area contributed by atoms with Crippen molar-refractivity contribution >= 4 is 17.6 Å². The lowest BCUT2D eigenvalue weighted by molar-refractivity contribution is -0.0628. The molecule has 0 saturated carbocycles. The molecule has 128 valence electrons. The number of nitrogens with zero attached hydrogens (tertiary/aromatic N) is 4. The van der Waals surface area contributed by atoms with E-state index < -0.39 is 0 Å². The molecule has 0 radical (unpaired) electrons. The van der Waals surface area contributed by atoms with Gasteiger partial charge in [0.25, 0.3) is 0 Å². The van der Waals surface area contributed by atoms with E-state index in [0.717, 1.165) is 48.2 Å². The zero-order valence-electron chi connectivity index (χ0n) is 14.2. The highest BCUT2D eigenvalue weighted by Gasteiger charge is 2.40. The predicted octanol–water partition coefficient (Wildman–Crippen LogP) is 2.75. The van der Waals surface area contributed by atoms with Crippen LogP contribution in [-0.2, 0) is 4.74 Å². The smallest absolute Gasteiger partial charge is 0.176 e. The van der Waals surface area contributed by atoms with Gasteiger partial charge in [0, 0.05) is 24.1 Å². The van der Waals surface area contributed by atoms with E-state index in [1.807, 2.05) is 48.5 Å². The minimum atomic E-state index is 0.0810. The van der Waals surface area contributed by atoms with Crippen LogP contribution in [0.25, 0.3) is 5.82 Å². The van der Waals surface area contributed by atoms with Crippen molar-refractivity contribution in [2.45, 2.75) is 44.8 Å². The van der Waals surface area contributed by atoms with E-state index >= 15 is 0 Å². The van der Waals surface area contributed by atoms with Gasteiger partial charge in [-0.3, -0.25) is 0 Å². The molecule has 0 aromatic carbocycles. The Balaban J connectivity index is 1.44. The van der Waals surface area contributed by atoms with E-state index in [1.54, 1.807) is 0 Å². The average molecular weight is 345 g/mol. The third kappa shape index (κ3) is 3.15. The first-order valence-electron chi connectivity index (χ1n) is 8.49. The molecule has 7 heteroatoms. The van der Waals surface area contributed by atoms with Gasteiger partial charge < -0.3 is 10.1 Å². The van der Waals surface area contributed by atoms with Crippen LogP contribution in [0.3, 0.4) is 0 Å². The Hall–Kier alpha value is -1.60. The Kier molecular flexibility index (Phi) is 4.22. The molecule has 2 saturated heterocycles. The minimum Gasteiger partial charge on any atom is -0.374 e. The van der Waals surface area contributed by atoms with Crippen LogP contribution in [0, 0.1) is 13.8 Å². The van der Waals surface area contributed by atoms with E-state index in [2.05, 4.69) is 20.6 Å². The lowest BCUT2D eigenvalue weighted by Crippen LogP contribution is -2.44. The van der Waals surface area contributed by atoms with E-state index in [-0.39, 0.29) is 5.60 Å². The number of anilines is 1. The molecular formula is C17H23N5OS. The number of hydrogen-bond donors (Lipinski definition) is 1. The van der Waals surface area contributed by atoms with Crippen LogP contribution in [-0.4, -0.2) is 49.7 Å². The largest absolute Gasteiger partial charge is 0.374 e. The Bertz CT molecular complexity index is 708. The summed E-state index contributed by atoms with van der Waals surface area (Å²) in [6, 6.07) is 6.40. The van der Waals surface area contributed by atoms with Crippen LogP contribution >= 0.6 is 11.8 Å². The minimum absolute atomic E-state index is 0.0810. The van der Waals surface area contributed by atoms with Gasteiger partial charge in [-0.25, -0.2) is 4.68 Å². The standard InChI is InChI=1S/C17H23N5OS/c1-12-9-13(2)22(21-12)16-4-3-15(19-20-16)18-14-5-7-23-17(10-14)6-8-24-11-17/h3-4,9,14H,5-8,10-11H2,1-2H3,(H,18,19)/t14-,17-/m1/s1. The van der Waals surface area contributed by atoms with Gasteiger partial charge in [0.1, 0.15) is 5.82 Å². The molecule has 2 fully saturated rings. The monoisotopic (exact) mass is 345 g/mol. The Labute approximate surface area is 146 Å². The number of hydrogen-bond acceptors (Lipinski definition) is 6. The molecule has 0 amide bonds. The lowest BCUT2D eigenvalue weighted by Gasteiger charge is -2.38. The van der Waals surface area contributed by atoms with E-state index in [0.29, 0.717) is 6.04 Å². The first-order valence-corrected chi connectivity index (χ1v) is 9.65. The molecule has 6 nitrogen and oxygen atoms in total. The maximum atomic E-state index is 6.08. The second-order valence-corrected chi connectivity index (χ2v) is 7.89. The second kappa shape index (κ2) is 6.37. The molecule has 2 aromatic rings. The van der Waals surface area contributed by atoms with Crippen molar-refractivity contribution in [2.75, 3.05) is 23.4 Å². The normalized spacial score (nSPS) is 26.8. The number of rotatable bonds is 3. The summed E-state index contributed by atoms with van der Waals surface area (Å²) in [5.41, 5.74) is 2.13. The van der Waals surface area contributed by atoms with E-state index in [4.69, 9.17) is 4.74 Å². The number of nitrogens with one attached hydrogen (secondary N) is 1. The van der Waals surface area contributed by atoms with Gasteiger partial charge in [-0.05, 0) is 57.1 Å². The molecule has 4 rings (SSSR count). The molecule has 0 unspecified atom stereocenters. The van der Waals surface area contributed by atoms with Crippen LogP contribution in [0.2, 0.25) is 0 Å². The van der Waals surface area contributed by atoms with Gasteiger partial charge >= 0.3 is 0 Å². The molecule has 2 aliphatic rings. The van der Waals surface area contributed by atoms with Crippen LogP contribution in [0.5, 0.6) is 0 Å². The summed E-state index contributed by atoms with van der Waals surface area (Å²) in [5, 5.41) is 16.7. The highest BCUT2D eigenvalue weighted by Crippen LogP contribution is 2.38. The Morgan fingerprint density at radius 1 is 1.33 bits per heavy atom. The predicted molar refractivity (Wildman–Crippen MR) is 95.9 cm³/mol. The highest BCUT2D eigenvalue weighted by molar-refractivity contribution is 7.99. The van der Waals surface area contributed by atoms with Crippen molar-refractivity contribution in [1.82, 2.24) is 20.0 Å². The van der Waals surface area contributed by atoms with Crippen molar-refractivity contribution in [3.63, 3.8) is 0 Å². The first kappa shape index (κ1) is 15.9. The van der Waals surface area contributed by atoms with Gasteiger partial charge in [-0.1, -0.05) is 0 Å². The molecule has 0 aliphatic carbocycles. The fraction of sp³-hybridized carbons (Fsp3) is 0.588. The third-order valence-corrected chi connectivity index (χ3v) is 6.01. The Morgan fingerprint density at radius 2 is 2.25 bits per heavy atom. The first-order chi connectivity index (χ1) is 11.6. The van der Waals surface area contributed by atoms with E-state index in [1.165, 1.54) is 12.2 Å². The average Bonchev–Trinajstić information content (AvgIpc) is 3.15. The number of thioether (sulfide) groups is 1. The van der Waals surface area contributed by atoms with Crippen LogP contribution in [0.15, 0.2) is 18.2 Å². The maximum Gasteiger partial charge on any atom is 0.176 e. The Morgan fingerprint density at radius 3 is 2.92 bits per heavy atom. The van der Waals surface area contributed by atoms with Crippen LogP contribution < -0.4 is 5.32 Å². The second-order valence-electron chi connectivity index (χ2n) is 6.78. The molecule has 1 spiro atoms. The fourth-order valence-electron chi connectivity index (χ4n) is 3.60. The van der Waals surface area contributed by atoms with Crippen molar-refractivity contribution in [1.29, 1.82) is 0 Å². The number of ether oxygens (including phenoxy) is 1. The van der Waals surface area contributed by atoms with Gasteiger partial charge in [0.2, 0.25) is 0 Å². The summed E-state index contributed by atoms with van der Waals surface area (Å²) >= 11 is 2.00. The summed E-state index contributed by atoms with van der Waals surface area (Å²) in [6.07, 6.45) is 3.24. The van der Waals surface area contributed by atoms with Gasteiger partial charge in [0.15, 0.2) is 5.82 Å². The molecule has 2 aromatic heterocycles. The van der Waals surface area contributed by atoms with Crippen molar-refractivity contribution in [2.24, 2.45) is 0 Å². The molecular weight excluding hydrogens is 322 g/mol. The SMILES string of the molecule is Cc1cc(C)n(-c2ccc(N[C@@H]3CCO[C@]4(CCSC4)C3)nn2)n1. The summed E-state index contributed by atoms with van der Waals surface area (Å²) < 4.78 is 7.90. The molecule has 2 aliphatic heterocycles. The molecule has 0 bridgehead atoms. The zero-order chi connectivity index (χ0) is 16.6. The van der Waals surface area contributed by atoms with Crippen molar-refractivity contribution in [3.05, 3.63) is 29.6 Å². The summed E-state index contributed by atoms with van der Waals surface area (Å²) in [6.45, 7) is 4.83. The van der Waals surface area contributed by atoms with Crippen LogP contribution in [0.4, 0.5) is 5.82 Å². The number of aromatic nitrogens is 4. The molecule has 1 N–H and O–H groups in total. The summed E-state index contributed by atoms with van der Waals surface area (Å²) in [5.74, 6) is 3.91. The zero-order valence-corrected chi connectivity index (χ0v) is 15.0. The highest BCUT2D eigenvalue weighted by atomic mass is 32.2. The maximum absolute atomic E-state index is 6.08. The molecule has 4 heterocycles. The van der Waals surface area contributed by atoms with Crippen LogP contribution in [0.1, 0.15) is 30.7 Å². The third-order valence-electron chi connectivity index (χ3n) is 4.79. The van der Waals surface area contributed by atoms with E-state index in [9.17, 15) is 0 Å². The quantitative estimate of drug-likeness (QED) is 0.923.